The van der Waals surface area contributed by atoms with Crippen molar-refractivity contribution in [1.82, 2.24) is 14.9 Å². The Balaban J connectivity index is 0.00000180. The van der Waals surface area contributed by atoms with Crippen LogP contribution in [0.3, 0.4) is 0 Å². The van der Waals surface area contributed by atoms with Crippen LogP contribution < -0.4 is 4.90 Å². The van der Waals surface area contributed by atoms with Crippen molar-refractivity contribution >= 4 is 48.3 Å². The number of hydrogen-bond donors (Lipinski definition) is 0. The molecule has 1 aromatic heterocycles. The van der Waals surface area contributed by atoms with Gasteiger partial charge in [-0.15, -0.1) is 36.6 Å². The lowest BCUT2D eigenvalue weighted by molar-refractivity contribution is -0.131. The van der Waals surface area contributed by atoms with Gasteiger partial charge in [-0.1, -0.05) is 6.92 Å². The van der Waals surface area contributed by atoms with Gasteiger partial charge in [0.2, 0.25) is 5.91 Å². The molecule has 1 aromatic rings. The first-order chi connectivity index (χ1) is 8.76. The van der Waals surface area contributed by atoms with Crippen molar-refractivity contribution in [3.05, 3.63) is 12.5 Å². The normalized spacial score (nSPS) is 14.3. The number of hydrogen-bond acceptors (Lipinski definition) is 5. The summed E-state index contributed by atoms with van der Waals surface area (Å²) in [5, 5.41) is 0. The zero-order valence-electron chi connectivity index (χ0n) is 11.6. The number of rotatable bonds is 3. The predicted molar refractivity (Wildman–Crippen MR) is 87.4 cm³/mol. The van der Waals surface area contributed by atoms with Gasteiger partial charge in [-0.05, 0) is 6.26 Å². The van der Waals surface area contributed by atoms with Crippen LogP contribution in [0.1, 0.15) is 13.3 Å². The molecule has 0 spiro atoms. The highest BCUT2D eigenvalue weighted by atomic mass is 35.5. The Labute approximate surface area is 136 Å². The van der Waals surface area contributed by atoms with Crippen molar-refractivity contribution in [3.63, 3.8) is 0 Å². The first-order valence-electron chi connectivity index (χ1n) is 6.13. The average molecular weight is 339 g/mol. The fourth-order valence-electron chi connectivity index (χ4n) is 2.08. The molecule has 0 radical (unpaired) electrons. The maximum Gasteiger partial charge on any atom is 0.222 e. The number of halogens is 2. The van der Waals surface area contributed by atoms with E-state index in [0.29, 0.717) is 6.42 Å². The first kappa shape index (κ1) is 19.3. The minimum atomic E-state index is 0. The monoisotopic (exact) mass is 338 g/mol. The van der Waals surface area contributed by atoms with Crippen LogP contribution in [-0.4, -0.2) is 53.2 Å². The summed E-state index contributed by atoms with van der Waals surface area (Å²) in [6.45, 7) is 5.16. The summed E-state index contributed by atoms with van der Waals surface area (Å²) < 4.78 is 0. The summed E-state index contributed by atoms with van der Waals surface area (Å²) in [6, 6.07) is 0. The van der Waals surface area contributed by atoms with Gasteiger partial charge in [-0.3, -0.25) is 4.79 Å². The number of anilines is 1. The molecule has 5 nitrogen and oxygen atoms in total. The highest BCUT2D eigenvalue weighted by Gasteiger charge is 2.22. The molecule has 20 heavy (non-hydrogen) atoms. The van der Waals surface area contributed by atoms with E-state index in [1.54, 1.807) is 18.1 Å². The third-order valence-electron chi connectivity index (χ3n) is 3.11. The standard InChI is InChI=1S/C12H18N4OS.2ClH/c1-3-11(17)15-4-6-16(7-5-15)12-10(18-2)8-13-9-14-12;;/h8-9H,3-7H2,1-2H3;2*1H. The van der Waals surface area contributed by atoms with E-state index >= 15 is 0 Å². The maximum absolute atomic E-state index is 11.6. The number of carbonyl (C=O) groups is 1. The van der Waals surface area contributed by atoms with Crippen molar-refractivity contribution in [3.8, 4) is 0 Å². The summed E-state index contributed by atoms with van der Waals surface area (Å²) in [4.78, 5) is 25.3. The molecule has 0 N–H and O–H groups in total. The minimum Gasteiger partial charge on any atom is -0.352 e. The zero-order valence-corrected chi connectivity index (χ0v) is 14.1. The SMILES string of the molecule is CCC(=O)N1CCN(c2ncncc2SC)CC1.Cl.Cl. The molecule has 0 bridgehead atoms. The van der Waals surface area contributed by atoms with Crippen molar-refractivity contribution in [1.29, 1.82) is 0 Å². The molecular weight excluding hydrogens is 319 g/mol. The van der Waals surface area contributed by atoms with Gasteiger partial charge < -0.3 is 9.80 Å². The molecule has 1 aliphatic rings. The molecule has 114 valence electrons. The van der Waals surface area contributed by atoms with Crippen LogP contribution in [0.4, 0.5) is 5.82 Å². The molecule has 0 unspecified atom stereocenters. The second kappa shape index (κ2) is 9.26. The minimum absolute atomic E-state index is 0. The van der Waals surface area contributed by atoms with Crippen LogP contribution in [0.2, 0.25) is 0 Å². The number of carbonyl (C=O) groups excluding carboxylic acids is 1. The van der Waals surface area contributed by atoms with Gasteiger partial charge in [0.05, 0.1) is 4.90 Å². The van der Waals surface area contributed by atoms with E-state index in [0.717, 1.165) is 36.9 Å². The Kier molecular flexibility index (Phi) is 8.93. The molecule has 1 amide bonds. The van der Waals surface area contributed by atoms with Crippen LogP contribution in [0, 0.1) is 0 Å². The van der Waals surface area contributed by atoms with E-state index in [1.807, 2.05) is 24.3 Å². The van der Waals surface area contributed by atoms with Gasteiger partial charge in [0.25, 0.3) is 0 Å². The van der Waals surface area contributed by atoms with Crippen LogP contribution in [0.15, 0.2) is 17.4 Å². The smallest absolute Gasteiger partial charge is 0.222 e. The first-order valence-corrected chi connectivity index (χ1v) is 7.35. The Bertz CT molecular complexity index is 428. The number of aromatic nitrogens is 2. The fraction of sp³-hybridized carbons (Fsp3) is 0.583. The van der Waals surface area contributed by atoms with Gasteiger partial charge >= 0.3 is 0 Å². The lowest BCUT2D eigenvalue weighted by Gasteiger charge is -2.35. The van der Waals surface area contributed by atoms with Gasteiger partial charge in [0.15, 0.2) is 0 Å². The molecule has 2 rings (SSSR count). The van der Waals surface area contributed by atoms with Gasteiger partial charge in [-0.25, -0.2) is 9.97 Å². The molecule has 8 heteroatoms. The van der Waals surface area contributed by atoms with Crippen molar-refractivity contribution in [2.45, 2.75) is 18.2 Å². The Morgan fingerprint density at radius 1 is 1.30 bits per heavy atom. The van der Waals surface area contributed by atoms with Crippen molar-refractivity contribution < 1.29 is 4.79 Å². The molecular formula is C12H20Cl2N4OS. The summed E-state index contributed by atoms with van der Waals surface area (Å²) in [5.41, 5.74) is 0. The number of piperazine rings is 1. The third-order valence-corrected chi connectivity index (χ3v) is 3.84. The van der Waals surface area contributed by atoms with E-state index in [-0.39, 0.29) is 30.7 Å². The predicted octanol–water partition coefficient (Wildman–Crippen LogP) is 2.10. The Morgan fingerprint density at radius 3 is 2.50 bits per heavy atom. The van der Waals surface area contributed by atoms with E-state index in [4.69, 9.17) is 0 Å². The number of nitrogens with zero attached hydrogens (tertiary/aromatic N) is 4. The average Bonchev–Trinajstić information content (AvgIpc) is 2.46. The largest absolute Gasteiger partial charge is 0.352 e. The maximum atomic E-state index is 11.6. The van der Waals surface area contributed by atoms with E-state index < -0.39 is 0 Å². The summed E-state index contributed by atoms with van der Waals surface area (Å²) in [7, 11) is 0. The van der Waals surface area contributed by atoms with Crippen LogP contribution in [0.5, 0.6) is 0 Å². The third kappa shape index (κ3) is 4.40. The second-order valence-corrected chi connectivity index (χ2v) is 4.98. The highest BCUT2D eigenvalue weighted by Crippen LogP contribution is 2.25. The topological polar surface area (TPSA) is 49.3 Å². The van der Waals surface area contributed by atoms with Crippen LogP contribution >= 0.6 is 36.6 Å². The van der Waals surface area contributed by atoms with Gasteiger partial charge in [0.1, 0.15) is 12.1 Å². The molecule has 2 heterocycles. The second-order valence-electron chi connectivity index (χ2n) is 4.14. The Hall–Kier alpha value is -0.720. The molecule has 1 fully saturated rings. The van der Waals surface area contributed by atoms with E-state index in [9.17, 15) is 4.79 Å². The quantitative estimate of drug-likeness (QED) is 0.790. The van der Waals surface area contributed by atoms with E-state index in [2.05, 4.69) is 14.9 Å². The summed E-state index contributed by atoms with van der Waals surface area (Å²) >= 11 is 1.65. The van der Waals surface area contributed by atoms with Gasteiger partial charge in [0, 0.05) is 38.8 Å². The molecule has 0 aliphatic carbocycles. The van der Waals surface area contributed by atoms with E-state index in [1.165, 1.54) is 0 Å². The summed E-state index contributed by atoms with van der Waals surface area (Å²) in [6.07, 6.45) is 6.04. The summed E-state index contributed by atoms with van der Waals surface area (Å²) in [5.74, 6) is 1.23. The van der Waals surface area contributed by atoms with Crippen molar-refractivity contribution in [2.75, 3.05) is 37.3 Å². The van der Waals surface area contributed by atoms with Gasteiger partial charge in [-0.2, -0.15) is 0 Å². The molecule has 0 atom stereocenters. The van der Waals surface area contributed by atoms with Crippen LogP contribution in [0.25, 0.3) is 0 Å². The lowest BCUT2D eigenvalue weighted by Crippen LogP contribution is -2.49. The molecule has 1 saturated heterocycles. The van der Waals surface area contributed by atoms with Crippen molar-refractivity contribution in [2.24, 2.45) is 0 Å². The van der Waals surface area contributed by atoms with Crippen LogP contribution in [-0.2, 0) is 4.79 Å². The highest BCUT2D eigenvalue weighted by molar-refractivity contribution is 7.98. The Morgan fingerprint density at radius 2 is 1.95 bits per heavy atom. The number of amides is 1. The molecule has 0 aromatic carbocycles. The number of thioether (sulfide) groups is 1. The fourth-order valence-corrected chi connectivity index (χ4v) is 2.61. The molecule has 0 saturated carbocycles. The zero-order chi connectivity index (χ0) is 13.0. The molecule has 1 aliphatic heterocycles. The lowest BCUT2D eigenvalue weighted by atomic mass is 10.3.